The minimum Gasteiger partial charge on any atom is -0.477 e. The van der Waals surface area contributed by atoms with Gasteiger partial charge in [-0.2, -0.15) is 11.8 Å². The third kappa shape index (κ3) is 3.27. The quantitative estimate of drug-likeness (QED) is 0.818. The molecule has 1 aromatic carbocycles. The van der Waals surface area contributed by atoms with Gasteiger partial charge in [0.1, 0.15) is 4.88 Å². The SMILES string of the molecule is CC1CCCC(SCc2c(C(=O)O)sc3ccccc23)C1. The molecule has 0 spiro atoms. The lowest BCUT2D eigenvalue weighted by molar-refractivity contribution is 0.0701. The monoisotopic (exact) mass is 320 g/mol. The fraction of sp³-hybridized carbons (Fsp3) is 0.471. The van der Waals surface area contributed by atoms with E-state index < -0.39 is 5.97 Å². The van der Waals surface area contributed by atoms with Gasteiger partial charge in [-0.05, 0) is 35.8 Å². The van der Waals surface area contributed by atoms with E-state index in [1.54, 1.807) is 0 Å². The summed E-state index contributed by atoms with van der Waals surface area (Å²) < 4.78 is 1.09. The van der Waals surface area contributed by atoms with E-state index >= 15 is 0 Å². The molecule has 0 amide bonds. The van der Waals surface area contributed by atoms with Gasteiger partial charge in [0.15, 0.2) is 0 Å². The predicted molar refractivity (Wildman–Crippen MR) is 91.5 cm³/mol. The lowest BCUT2D eigenvalue weighted by atomic mass is 9.91. The van der Waals surface area contributed by atoms with Crippen LogP contribution >= 0.6 is 23.1 Å². The van der Waals surface area contributed by atoms with E-state index in [9.17, 15) is 9.90 Å². The van der Waals surface area contributed by atoms with E-state index in [0.29, 0.717) is 10.1 Å². The van der Waals surface area contributed by atoms with E-state index in [2.05, 4.69) is 13.0 Å². The van der Waals surface area contributed by atoms with E-state index in [1.165, 1.54) is 37.0 Å². The molecule has 1 N–H and O–H groups in total. The second-order valence-electron chi connectivity index (χ2n) is 5.92. The summed E-state index contributed by atoms with van der Waals surface area (Å²) >= 11 is 3.35. The Morgan fingerprint density at radius 3 is 2.95 bits per heavy atom. The summed E-state index contributed by atoms with van der Waals surface area (Å²) in [6.45, 7) is 2.33. The minimum atomic E-state index is -0.788. The first kappa shape index (κ1) is 14.9. The number of thioether (sulfide) groups is 1. The van der Waals surface area contributed by atoms with Crippen LogP contribution in [0.3, 0.4) is 0 Å². The third-order valence-electron chi connectivity index (χ3n) is 4.24. The lowest BCUT2D eigenvalue weighted by Crippen LogP contribution is -2.15. The molecule has 1 fully saturated rings. The van der Waals surface area contributed by atoms with Crippen molar-refractivity contribution in [3.63, 3.8) is 0 Å². The smallest absolute Gasteiger partial charge is 0.346 e. The number of hydrogen-bond donors (Lipinski definition) is 1. The van der Waals surface area contributed by atoms with E-state index in [4.69, 9.17) is 0 Å². The van der Waals surface area contributed by atoms with Crippen LogP contribution in [0, 0.1) is 5.92 Å². The molecule has 1 aliphatic carbocycles. The maximum Gasteiger partial charge on any atom is 0.346 e. The number of carbonyl (C=O) groups is 1. The van der Waals surface area contributed by atoms with Crippen molar-refractivity contribution in [2.24, 2.45) is 5.92 Å². The number of benzene rings is 1. The van der Waals surface area contributed by atoms with Crippen LogP contribution in [0.4, 0.5) is 0 Å². The summed E-state index contributed by atoms with van der Waals surface area (Å²) in [4.78, 5) is 12.0. The summed E-state index contributed by atoms with van der Waals surface area (Å²) in [7, 11) is 0. The first-order chi connectivity index (χ1) is 10.1. The van der Waals surface area contributed by atoms with Crippen LogP contribution in [0.1, 0.15) is 47.8 Å². The molecule has 1 aliphatic rings. The van der Waals surface area contributed by atoms with E-state index in [0.717, 1.165) is 27.3 Å². The van der Waals surface area contributed by atoms with E-state index in [1.807, 2.05) is 30.0 Å². The van der Waals surface area contributed by atoms with Gasteiger partial charge in [-0.15, -0.1) is 11.3 Å². The first-order valence-corrected chi connectivity index (χ1v) is 9.37. The number of carboxylic acid groups (broad SMARTS) is 1. The Morgan fingerprint density at radius 1 is 1.38 bits per heavy atom. The van der Waals surface area contributed by atoms with Gasteiger partial charge in [-0.25, -0.2) is 4.79 Å². The van der Waals surface area contributed by atoms with Crippen LogP contribution in [-0.4, -0.2) is 16.3 Å². The van der Waals surface area contributed by atoms with Crippen molar-refractivity contribution in [3.8, 4) is 0 Å². The number of rotatable bonds is 4. The highest BCUT2D eigenvalue weighted by molar-refractivity contribution is 7.99. The summed E-state index contributed by atoms with van der Waals surface area (Å²) in [5, 5.41) is 11.3. The molecule has 3 rings (SSSR count). The molecule has 0 saturated heterocycles. The average Bonchev–Trinajstić information content (AvgIpc) is 2.84. The molecule has 2 nitrogen and oxygen atoms in total. The number of fused-ring (bicyclic) bond motifs is 1. The van der Waals surface area contributed by atoms with Gasteiger partial charge in [0.25, 0.3) is 0 Å². The van der Waals surface area contributed by atoms with Crippen molar-refractivity contribution >= 4 is 39.2 Å². The zero-order valence-corrected chi connectivity index (χ0v) is 13.8. The first-order valence-electron chi connectivity index (χ1n) is 7.50. The molecule has 0 radical (unpaired) electrons. The molecule has 0 aliphatic heterocycles. The average molecular weight is 320 g/mol. The normalized spacial score (nSPS) is 22.5. The molecular weight excluding hydrogens is 300 g/mol. The molecular formula is C17H20O2S2. The largest absolute Gasteiger partial charge is 0.477 e. The molecule has 112 valence electrons. The lowest BCUT2D eigenvalue weighted by Gasteiger charge is -2.26. The van der Waals surface area contributed by atoms with Gasteiger partial charge >= 0.3 is 5.97 Å². The highest BCUT2D eigenvalue weighted by Crippen LogP contribution is 2.38. The van der Waals surface area contributed by atoms with Crippen LogP contribution in [0.15, 0.2) is 24.3 Å². The van der Waals surface area contributed by atoms with Crippen molar-refractivity contribution in [2.75, 3.05) is 0 Å². The molecule has 1 heterocycles. The molecule has 0 bridgehead atoms. The fourth-order valence-corrected chi connectivity index (χ4v) is 5.80. The maximum absolute atomic E-state index is 11.5. The second kappa shape index (κ2) is 6.41. The van der Waals surface area contributed by atoms with Crippen molar-refractivity contribution in [3.05, 3.63) is 34.7 Å². The highest BCUT2D eigenvalue weighted by atomic mass is 32.2. The van der Waals surface area contributed by atoms with Crippen molar-refractivity contribution in [1.29, 1.82) is 0 Å². The van der Waals surface area contributed by atoms with Crippen LogP contribution in [0.2, 0.25) is 0 Å². The summed E-state index contributed by atoms with van der Waals surface area (Å²) in [6, 6.07) is 8.04. The van der Waals surface area contributed by atoms with Gasteiger partial charge in [0, 0.05) is 15.7 Å². The highest BCUT2D eigenvalue weighted by Gasteiger charge is 2.22. The van der Waals surface area contributed by atoms with Crippen LogP contribution in [0.25, 0.3) is 10.1 Å². The van der Waals surface area contributed by atoms with Crippen molar-refractivity contribution in [1.82, 2.24) is 0 Å². The van der Waals surface area contributed by atoms with Gasteiger partial charge in [0.2, 0.25) is 0 Å². The van der Waals surface area contributed by atoms with Crippen molar-refractivity contribution in [2.45, 2.75) is 43.6 Å². The topological polar surface area (TPSA) is 37.3 Å². The molecule has 4 heteroatoms. The summed E-state index contributed by atoms with van der Waals surface area (Å²) in [6.07, 6.45) is 5.21. The van der Waals surface area contributed by atoms with Crippen LogP contribution in [0.5, 0.6) is 0 Å². The molecule has 21 heavy (non-hydrogen) atoms. The minimum absolute atomic E-state index is 0.521. The fourth-order valence-electron chi connectivity index (χ4n) is 3.15. The Balaban J connectivity index is 1.82. The van der Waals surface area contributed by atoms with Gasteiger partial charge < -0.3 is 5.11 Å². The van der Waals surface area contributed by atoms with Crippen LogP contribution in [-0.2, 0) is 5.75 Å². The zero-order valence-electron chi connectivity index (χ0n) is 12.2. The Hall–Kier alpha value is -1.00. The molecule has 2 atom stereocenters. The maximum atomic E-state index is 11.5. The second-order valence-corrected chi connectivity index (χ2v) is 8.26. The number of thiophene rings is 1. The Labute approximate surface area is 133 Å². The predicted octanol–water partition coefficient (Wildman–Crippen LogP) is 5.41. The molecule has 1 saturated carbocycles. The van der Waals surface area contributed by atoms with Crippen LogP contribution < -0.4 is 0 Å². The Morgan fingerprint density at radius 2 is 2.19 bits per heavy atom. The van der Waals surface area contributed by atoms with Gasteiger partial charge in [-0.3, -0.25) is 0 Å². The van der Waals surface area contributed by atoms with E-state index in [-0.39, 0.29) is 0 Å². The number of carboxylic acids is 1. The van der Waals surface area contributed by atoms with Gasteiger partial charge in [0.05, 0.1) is 0 Å². The Bertz CT molecular complexity index is 647. The molecule has 1 aromatic heterocycles. The summed E-state index contributed by atoms with van der Waals surface area (Å²) in [5.41, 5.74) is 1.02. The standard InChI is InChI=1S/C17H20O2S2/c1-11-5-4-6-12(9-11)20-10-14-13-7-2-3-8-15(13)21-16(14)17(18)19/h2-3,7-8,11-12H,4-6,9-10H2,1H3,(H,18,19). The number of hydrogen-bond acceptors (Lipinski definition) is 3. The summed E-state index contributed by atoms with van der Waals surface area (Å²) in [5.74, 6) is 0.849. The molecule has 2 aromatic rings. The van der Waals surface area contributed by atoms with Crippen molar-refractivity contribution < 1.29 is 9.90 Å². The molecule has 2 unspecified atom stereocenters. The Kier molecular flexibility index (Phi) is 4.55. The van der Waals surface area contributed by atoms with Gasteiger partial charge in [-0.1, -0.05) is 38.0 Å². The third-order valence-corrected chi connectivity index (χ3v) is 6.80. The zero-order chi connectivity index (χ0) is 14.8. The number of aromatic carboxylic acids is 1.